The van der Waals surface area contributed by atoms with E-state index in [0.29, 0.717) is 12.8 Å². The number of hydrogen-bond donors (Lipinski definition) is 1. The highest BCUT2D eigenvalue weighted by atomic mass is 16.6. The molecule has 0 amide bonds. The van der Waals surface area contributed by atoms with Crippen LogP contribution in [-0.4, -0.2) is 36.4 Å². The van der Waals surface area contributed by atoms with Gasteiger partial charge in [0.15, 0.2) is 6.10 Å². The zero-order chi connectivity index (χ0) is 59.1. The highest BCUT2D eigenvalue weighted by Crippen LogP contribution is 2.19. The molecule has 0 spiro atoms. The van der Waals surface area contributed by atoms with Crippen LogP contribution in [0.15, 0.2) is 97.2 Å². The zero-order valence-electron chi connectivity index (χ0n) is 54.5. The minimum absolute atomic E-state index is 0.0785. The predicted molar refractivity (Wildman–Crippen MR) is 362 cm³/mol. The molecule has 0 fully saturated rings. The Morgan fingerprint density at radius 2 is 0.524 bits per heavy atom. The normalized spacial score (nSPS) is 12.8. The lowest BCUT2D eigenvalue weighted by Gasteiger charge is -2.15. The monoisotopic (exact) mass is 1140 g/mol. The fourth-order valence-electron chi connectivity index (χ4n) is 10.6. The van der Waals surface area contributed by atoms with Gasteiger partial charge in [0.1, 0.15) is 6.61 Å². The Morgan fingerprint density at radius 1 is 0.293 bits per heavy atom. The Kier molecular flexibility index (Phi) is 69.3. The summed E-state index contributed by atoms with van der Waals surface area (Å²) in [6.45, 7) is 4.04. The van der Waals surface area contributed by atoms with Crippen molar-refractivity contribution in [2.45, 2.75) is 367 Å². The number of aliphatic hydroxyl groups excluding tert-OH is 1. The molecule has 0 saturated carbocycles. The molecule has 82 heavy (non-hydrogen) atoms. The van der Waals surface area contributed by atoms with Gasteiger partial charge in [0.2, 0.25) is 0 Å². The minimum atomic E-state index is -0.793. The van der Waals surface area contributed by atoms with E-state index >= 15 is 0 Å². The molecule has 0 aromatic carbocycles. The van der Waals surface area contributed by atoms with Crippen LogP contribution in [0.5, 0.6) is 0 Å². The van der Waals surface area contributed by atoms with E-state index in [2.05, 4.69) is 111 Å². The molecule has 474 valence electrons. The molecule has 0 rings (SSSR count). The van der Waals surface area contributed by atoms with Crippen LogP contribution in [0.1, 0.15) is 361 Å². The Labute approximate surface area is 510 Å². The van der Waals surface area contributed by atoms with Gasteiger partial charge in [0.05, 0.1) is 6.61 Å². The summed E-state index contributed by atoms with van der Waals surface area (Å²) < 4.78 is 10.7. The van der Waals surface area contributed by atoms with E-state index in [9.17, 15) is 14.7 Å². The fraction of sp³-hybridized carbons (Fsp3) is 0.766. The molecule has 0 aromatic rings. The smallest absolute Gasteiger partial charge is 0.306 e. The van der Waals surface area contributed by atoms with Gasteiger partial charge in [-0.1, -0.05) is 368 Å². The van der Waals surface area contributed by atoms with E-state index < -0.39 is 6.10 Å². The van der Waals surface area contributed by atoms with Crippen molar-refractivity contribution in [2.24, 2.45) is 0 Å². The number of allylic oxidation sites excluding steroid dienone is 16. The maximum atomic E-state index is 12.3. The van der Waals surface area contributed by atoms with Gasteiger partial charge in [-0.15, -0.1) is 0 Å². The van der Waals surface area contributed by atoms with Crippen molar-refractivity contribution in [3.8, 4) is 0 Å². The average molecular weight is 1140 g/mol. The van der Waals surface area contributed by atoms with E-state index in [4.69, 9.17) is 9.47 Å². The molecule has 5 nitrogen and oxygen atoms in total. The summed E-state index contributed by atoms with van der Waals surface area (Å²) in [5.41, 5.74) is 0. The van der Waals surface area contributed by atoms with Crippen LogP contribution in [0.25, 0.3) is 0 Å². The SMILES string of the molecule is CC/C=C\C/C=C\C/C=C\C/C=C\C/C=C\C/C=C\C/C=C\C/C=C\CCCCCCC(=O)OC(CO)COC(=O)CCCCCCCCCCCCCCCCCCCCCCCCCCCCCCCCCCCCCCCCC. The lowest BCUT2D eigenvalue weighted by molar-refractivity contribution is -0.161. The largest absolute Gasteiger partial charge is 0.462 e. The maximum Gasteiger partial charge on any atom is 0.306 e. The predicted octanol–water partition coefficient (Wildman–Crippen LogP) is 25.0. The van der Waals surface area contributed by atoms with E-state index in [1.807, 2.05) is 0 Å². The van der Waals surface area contributed by atoms with Gasteiger partial charge in [-0.05, 0) is 77.0 Å². The molecule has 0 aromatic heterocycles. The summed E-state index contributed by atoms with van der Waals surface area (Å²) >= 11 is 0. The Hall–Kier alpha value is -3.18. The molecule has 0 aliphatic carbocycles. The topological polar surface area (TPSA) is 72.8 Å². The van der Waals surface area contributed by atoms with Crippen LogP contribution in [0.4, 0.5) is 0 Å². The number of aliphatic hydroxyl groups is 1. The van der Waals surface area contributed by atoms with E-state index in [1.54, 1.807) is 0 Å². The van der Waals surface area contributed by atoms with Crippen molar-refractivity contribution >= 4 is 11.9 Å². The van der Waals surface area contributed by atoms with Crippen molar-refractivity contribution in [1.29, 1.82) is 0 Å². The van der Waals surface area contributed by atoms with Gasteiger partial charge in [0.25, 0.3) is 0 Å². The number of rotatable bonds is 66. The molecule has 1 N–H and O–H groups in total. The first-order chi connectivity index (χ1) is 40.6. The standard InChI is InChI=1S/C77H136O5/c1-3-5-7-9-11-13-15-17-19-21-23-25-27-29-31-33-34-35-36-37-38-39-40-41-42-44-45-47-49-51-53-55-57-59-61-63-65-67-69-71-76(79)81-74-75(73-78)82-77(80)72-70-68-66-64-62-60-58-56-54-52-50-48-46-43-32-30-28-26-24-22-20-18-16-14-12-10-8-6-4-2/h6,8,12,14,18,20,24,26,30,32,46,48,52,54,58,60,75,78H,3-5,7,9-11,13,15-17,19,21-23,25,27-29,31,33-45,47,49-51,53,55-57,59,61-74H2,1-2H3/b8-6-,14-12-,20-18-,26-24-,32-30-,48-46-,54-52-,60-58-. The molecule has 1 unspecified atom stereocenters. The minimum Gasteiger partial charge on any atom is -0.462 e. The highest BCUT2D eigenvalue weighted by molar-refractivity contribution is 5.70. The van der Waals surface area contributed by atoms with Crippen LogP contribution in [0.3, 0.4) is 0 Å². The Morgan fingerprint density at radius 3 is 0.793 bits per heavy atom. The molecule has 0 bridgehead atoms. The summed E-state index contributed by atoms with van der Waals surface area (Å²) in [5, 5.41) is 9.69. The number of ether oxygens (including phenoxy) is 2. The van der Waals surface area contributed by atoms with Gasteiger partial charge in [-0.25, -0.2) is 0 Å². The number of esters is 2. The maximum absolute atomic E-state index is 12.3. The van der Waals surface area contributed by atoms with E-state index in [0.717, 1.165) is 103 Å². The van der Waals surface area contributed by atoms with Crippen LogP contribution in [0, 0.1) is 0 Å². The molecule has 1 atom stereocenters. The van der Waals surface area contributed by atoms with Crippen molar-refractivity contribution < 1.29 is 24.2 Å². The molecular weight excluding hydrogens is 1000 g/mol. The van der Waals surface area contributed by atoms with Gasteiger partial charge in [-0.2, -0.15) is 0 Å². The van der Waals surface area contributed by atoms with Crippen LogP contribution in [-0.2, 0) is 19.1 Å². The molecule has 0 radical (unpaired) electrons. The Balaban J connectivity index is 3.46. The third-order valence-corrected chi connectivity index (χ3v) is 15.9. The van der Waals surface area contributed by atoms with Gasteiger partial charge < -0.3 is 14.6 Å². The molecule has 0 aliphatic rings. The molecule has 0 saturated heterocycles. The lowest BCUT2D eigenvalue weighted by atomic mass is 10.0. The fourth-order valence-corrected chi connectivity index (χ4v) is 10.6. The Bertz CT molecular complexity index is 1530. The summed E-state index contributed by atoms with van der Waals surface area (Å²) in [6, 6.07) is 0. The summed E-state index contributed by atoms with van der Waals surface area (Å²) in [5.74, 6) is -0.611. The third-order valence-electron chi connectivity index (χ3n) is 15.9. The summed E-state index contributed by atoms with van der Waals surface area (Å²) in [6.07, 6.45) is 103. The number of carbonyl (C=O) groups is 2. The second kappa shape index (κ2) is 72.1. The van der Waals surface area contributed by atoms with Gasteiger partial charge in [-0.3, -0.25) is 9.59 Å². The number of carbonyl (C=O) groups excluding carboxylic acids is 2. The van der Waals surface area contributed by atoms with Crippen LogP contribution < -0.4 is 0 Å². The first kappa shape index (κ1) is 78.8. The molecule has 0 heterocycles. The van der Waals surface area contributed by atoms with Crippen molar-refractivity contribution in [3.05, 3.63) is 97.2 Å². The van der Waals surface area contributed by atoms with Crippen LogP contribution in [0.2, 0.25) is 0 Å². The van der Waals surface area contributed by atoms with Gasteiger partial charge in [0, 0.05) is 12.8 Å². The first-order valence-corrected chi connectivity index (χ1v) is 35.8. The molecule has 0 aliphatic heterocycles. The molecule has 5 heteroatoms. The lowest BCUT2D eigenvalue weighted by Crippen LogP contribution is -2.28. The first-order valence-electron chi connectivity index (χ1n) is 35.8. The summed E-state index contributed by atoms with van der Waals surface area (Å²) in [4.78, 5) is 24.6. The van der Waals surface area contributed by atoms with E-state index in [1.165, 1.54) is 231 Å². The van der Waals surface area contributed by atoms with Crippen molar-refractivity contribution in [1.82, 2.24) is 0 Å². The van der Waals surface area contributed by atoms with Crippen molar-refractivity contribution in [3.63, 3.8) is 0 Å². The van der Waals surface area contributed by atoms with Gasteiger partial charge >= 0.3 is 11.9 Å². The quantitative estimate of drug-likeness (QED) is 0.0373. The average Bonchev–Trinajstić information content (AvgIpc) is 3.49. The van der Waals surface area contributed by atoms with E-state index in [-0.39, 0.29) is 25.2 Å². The third kappa shape index (κ3) is 69.3. The number of hydrogen-bond acceptors (Lipinski definition) is 5. The molecular formula is C77H136O5. The highest BCUT2D eigenvalue weighted by Gasteiger charge is 2.16. The second-order valence-corrected chi connectivity index (χ2v) is 23.9. The summed E-state index contributed by atoms with van der Waals surface area (Å²) in [7, 11) is 0. The van der Waals surface area contributed by atoms with Crippen molar-refractivity contribution in [2.75, 3.05) is 13.2 Å². The zero-order valence-corrected chi connectivity index (χ0v) is 54.5. The van der Waals surface area contributed by atoms with Crippen LogP contribution >= 0.6 is 0 Å². The number of unbranched alkanes of at least 4 members (excludes halogenated alkanes) is 42. The second-order valence-electron chi connectivity index (χ2n) is 23.9.